The molecule has 8 nitrogen and oxygen atoms in total. The summed E-state index contributed by atoms with van der Waals surface area (Å²) in [6, 6.07) is 43.8. The van der Waals surface area contributed by atoms with Crippen LogP contribution < -0.4 is 41.9 Å². The maximum atomic E-state index is 5.78. The third-order valence-electron chi connectivity index (χ3n) is 6.05. The van der Waals surface area contributed by atoms with E-state index in [0.717, 1.165) is 23.0 Å². The lowest BCUT2D eigenvalue weighted by atomic mass is 10.3. The number of hydrogen-bond acceptors (Lipinski definition) is 8. The number of ether oxygens (including phenoxy) is 4. The molecule has 0 spiro atoms. The first-order valence-corrected chi connectivity index (χ1v) is 13.7. The first-order valence-electron chi connectivity index (χ1n) is 13.7. The molecule has 0 aliphatic carbocycles. The van der Waals surface area contributed by atoms with E-state index < -0.39 is 0 Å². The molecule has 0 heterocycles. The number of benzene rings is 6. The normalized spacial score (nSPS) is 10.2. The fraction of sp³-hybridized carbons (Fsp3) is 0. The Balaban J connectivity index is 0.000000175. The SMILES string of the molecule is Nc1ccc(Oc2ccc(Oc3ccc(N)cc3)cc2)cc1.Nc1cccc(Oc2cccc(Oc3cccc(N)c3)c2)c1. The van der Waals surface area contributed by atoms with Crippen molar-refractivity contribution in [3.8, 4) is 46.0 Å². The Hall–Kier alpha value is -6.28. The number of anilines is 4. The van der Waals surface area contributed by atoms with Gasteiger partial charge in [-0.25, -0.2) is 0 Å². The molecule has 220 valence electrons. The second kappa shape index (κ2) is 14.1. The summed E-state index contributed by atoms with van der Waals surface area (Å²) in [5, 5.41) is 0. The number of nitrogen functional groups attached to an aromatic ring is 4. The minimum Gasteiger partial charge on any atom is -0.457 e. The van der Waals surface area contributed by atoms with Gasteiger partial charge in [-0.1, -0.05) is 18.2 Å². The van der Waals surface area contributed by atoms with Crippen LogP contribution in [-0.4, -0.2) is 0 Å². The summed E-state index contributed by atoms with van der Waals surface area (Å²) in [5.41, 5.74) is 25.5. The lowest BCUT2D eigenvalue weighted by Crippen LogP contribution is -1.90. The van der Waals surface area contributed by atoms with E-state index in [-0.39, 0.29) is 0 Å². The lowest BCUT2D eigenvalue weighted by molar-refractivity contribution is 0.460. The van der Waals surface area contributed by atoms with E-state index >= 15 is 0 Å². The van der Waals surface area contributed by atoms with Gasteiger partial charge in [-0.2, -0.15) is 0 Å². The molecule has 0 aliphatic heterocycles. The molecule has 0 aliphatic rings. The Bertz CT molecular complexity index is 1660. The second-order valence-corrected chi connectivity index (χ2v) is 9.64. The van der Waals surface area contributed by atoms with Gasteiger partial charge in [-0.3, -0.25) is 0 Å². The molecule has 0 unspecified atom stereocenters. The average Bonchev–Trinajstić information content (AvgIpc) is 3.01. The smallest absolute Gasteiger partial charge is 0.131 e. The third kappa shape index (κ3) is 8.86. The van der Waals surface area contributed by atoms with E-state index in [4.69, 9.17) is 41.9 Å². The minimum absolute atomic E-state index is 0.657. The molecule has 0 saturated carbocycles. The summed E-state index contributed by atoms with van der Waals surface area (Å²) >= 11 is 0. The molecule has 8 heteroatoms. The highest BCUT2D eigenvalue weighted by molar-refractivity contribution is 5.48. The van der Waals surface area contributed by atoms with Crippen molar-refractivity contribution in [3.63, 3.8) is 0 Å². The number of hydrogen-bond donors (Lipinski definition) is 4. The van der Waals surface area contributed by atoms with Gasteiger partial charge >= 0.3 is 0 Å². The molecule has 44 heavy (non-hydrogen) atoms. The maximum Gasteiger partial charge on any atom is 0.131 e. The van der Waals surface area contributed by atoms with Crippen molar-refractivity contribution in [3.05, 3.63) is 146 Å². The molecular weight excluding hydrogens is 552 g/mol. The van der Waals surface area contributed by atoms with E-state index in [9.17, 15) is 0 Å². The number of nitrogens with two attached hydrogens (primary N) is 4. The van der Waals surface area contributed by atoms with E-state index in [1.807, 2.05) is 109 Å². The predicted molar refractivity (Wildman–Crippen MR) is 177 cm³/mol. The van der Waals surface area contributed by atoms with Gasteiger partial charge in [0.15, 0.2) is 0 Å². The molecule has 6 rings (SSSR count). The molecule has 0 aromatic heterocycles. The van der Waals surface area contributed by atoms with Crippen LogP contribution in [0.15, 0.2) is 146 Å². The van der Waals surface area contributed by atoms with Crippen LogP contribution >= 0.6 is 0 Å². The second-order valence-electron chi connectivity index (χ2n) is 9.64. The number of rotatable bonds is 8. The van der Waals surface area contributed by atoms with E-state index in [2.05, 4.69) is 0 Å². The first kappa shape index (κ1) is 29.2. The zero-order chi connectivity index (χ0) is 30.7. The van der Waals surface area contributed by atoms with Crippen molar-refractivity contribution < 1.29 is 18.9 Å². The Kier molecular flexibility index (Phi) is 9.34. The lowest BCUT2D eigenvalue weighted by Gasteiger charge is -2.09. The average molecular weight is 585 g/mol. The summed E-state index contributed by atoms with van der Waals surface area (Å²) < 4.78 is 23.0. The minimum atomic E-state index is 0.657. The van der Waals surface area contributed by atoms with Crippen LogP contribution in [0, 0.1) is 0 Å². The van der Waals surface area contributed by atoms with Crippen molar-refractivity contribution in [2.75, 3.05) is 22.9 Å². The van der Waals surface area contributed by atoms with Gasteiger partial charge < -0.3 is 41.9 Å². The molecule has 0 fully saturated rings. The van der Waals surface area contributed by atoms with Gasteiger partial charge in [0.1, 0.15) is 46.0 Å². The summed E-state index contributed by atoms with van der Waals surface area (Å²) in [6.45, 7) is 0. The van der Waals surface area contributed by atoms with Gasteiger partial charge in [-0.05, 0) is 109 Å². The zero-order valence-corrected chi connectivity index (χ0v) is 23.8. The monoisotopic (exact) mass is 584 g/mol. The van der Waals surface area contributed by atoms with Crippen LogP contribution in [0.25, 0.3) is 0 Å². The fourth-order valence-corrected chi connectivity index (χ4v) is 3.95. The Morgan fingerprint density at radius 3 is 0.864 bits per heavy atom. The highest BCUT2D eigenvalue weighted by Crippen LogP contribution is 2.30. The molecule has 6 aromatic rings. The van der Waals surface area contributed by atoms with Gasteiger partial charge in [0.2, 0.25) is 0 Å². The summed E-state index contributed by atoms with van der Waals surface area (Å²) in [5.74, 6) is 5.65. The van der Waals surface area contributed by atoms with Crippen LogP contribution in [0.5, 0.6) is 46.0 Å². The Morgan fingerprint density at radius 1 is 0.250 bits per heavy atom. The molecule has 0 saturated heterocycles. The first-order chi connectivity index (χ1) is 21.4. The van der Waals surface area contributed by atoms with E-state index in [1.54, 1.807) is 36.4 Å². The highest BCUT2D eigenvalue weighted by atomic mass is 16.5. The third-order valence-corrected chi connectivity index (χ3v) is 6.05. The molecule has 8 N–H and O–H groups in total. The van der Waals surface area contributed by atoms with Gasteiger partial charge in [0, 0.05) is 40.9 Å². The van der Waals surface area contributed by atoms with E-state index in [1.165, 1.54) is 0 Å². The molecule has 6 aromatic carbocycles. The van der Waals surface area contributed by atoms with E-state index in [0.29, 0.717) is 45.7 Å². The van der Waals surface area contributed by atoms with Crippen molar-refractivity contribution in [1.82, 2.24) is 0 Å². The van der Waals surface area contributed by atoms with Crippen LogP contribution in [-0.2, 0) is 0 Å². The zero-order valence-electron chi connectivity index (χ0n) is 23.8. The molecule has 0 amide bonds. The predicted octanol–water partition coefficient (Wildman–Crippen LogP) is 8.87. The largest absolute Gasteiger partial charge is 0.457 e. The van der Waals surface area contributed by atoms with Crippen LogP contribution in [0.4, 0.5) is 22.7 Å². The molecule has 0 atom stereocenters. The summed E-state index contributed by atoms with van der Waals surface area (Å²) in [4.78, 5) is 0. The van der Waals surface area contributed by atoms with Gasteiger partial charge in [0.25, 0.3) is 0 Å². The van der Waals surface area contributed by atoms with Crippen molar-refractivity contribution in [2.24, 2.45) is 0 Å². The fourth-order valence-electron chi connectivity index (χ4n) is 3.95. The molecule has 0 bridgehead atoms. The molecular formula is C36H32N4O4. The maximum absolute atomic E-state index is 5.78. The standard InChI is InChI=1S/2C18H16N2O2/c19-13-1-5-15(6-2-13)21-17-9-11-18(12-10-17)22-16-7-3-14(20)4-8-16;19-13-4-1-6-15(10-13)21-17-8-3-9-18(12-17)22-16-7-2-5-14(20)11-16/h2*1-12H,19-20H2. The quantitative estimate of drug-likeness (QED) is 0.130. The van der Waals surface area contributed by atoms with Crippen LogP contribution in [0.1, 0.15) is 0 Å². The topological polar surface area (TPSA) is 141 Å². The molecule has 0 radical (unpaired) electrons. The summed E-state index contributed by atoms with van der Waals surface area (Å²) in [7, 11) is 0. The van der Waals surface area contributed by atoms with Crippen molar-refractivity contribution in [2.45, 2.75) is 0 Å². The van der Waals surface area contributed by atoms with Gasteiger partial charge in [0.05, 0.1) is 0 Å². The van der Waals surface area contributed by atoms with Gasteiger partial charge in [-0.15, -0.1) is 0 Å². The Morgan fingerprint density at radius 2 is 0.523 bits per heavy atom. The highest BCUT2D eigenvalue weighted by Gasteiger charge is 2.03. The van der Waals surface area contributed by atoms with Crippen molar-refractivity contribution >= 4 is 22.7 Å². The summed E-state index contributed by atoms with van der Waals surface area (Å²) in [6.07, 6.45) is 0. The van der Waals surface area contributed by atoms with Crippen molar-refractivity contribution in [1.29, 1.82) is 0 Å². The van der Waals surface area contributed by atoms with Crippen LogP contribution in [0.2, 0.25) is 0 Å². The van der Waals surface area contributed by atoms with Crippen LogP contribution in [0.3, 0.4) is 0 Å². The Labute approximate surface area is 256 Å².